The van der Waals surface area contributed by atoms with Crippen LogP contribution in [0.15, 0.2) is 29.2 Å². The first-order valence-corrected chi connectivity index (χ1v) is 9.17. The first-order chi connectivity index (χ1) is 11.2. The van der Waals surface area contributed by atoms with Crippen LogP contribution >= 0.6 is 11.3 Å². The highest BCUT2D eigenvalue weighted by atomic mass is 32.1. The zero-order chi connectivity index (χ0) is 15.8. The third kappa shape index (κ3) is 3.33. The van der Waals surface area contributed by atoms with Crippen LogP contribution in [0.1, 0.15) is 30.0 Å². The van der Waals surface area contributed by atoms with Gasteiger partial charge in [-0.2, -0.15) is 16.4 Å². The number of carbonyl (C=O) groups is 1. The largest absolute Gasteiger partial charge is 0.334 e. The topological polar surface area (TPSA) is 41.4 Å². The van der Waals surface area contributed by atoms with Crippen molar-refractivity contribution in [3.05, 3.63) is 40.3 Å². The van der Waals surface area contributed by atoms with Gasteiger partial charge in [-0.1, -0.05) is 0 Å². The summed E-state index contributed by atoms with van der Waals surface area (Å²) >= 11 is 1.70. The molecule has 1 aliphatic carbocycles. The van der Waals surface area contributed by atoms with Crippen LogP contribution in [0.5, 0.6) is 0 Å². The summed E-state index contributed by atoms with van der Waals surface area (Å²) in [4.78, 5) is 17.0. The summed E-state index contributed by atoms with van der Waals surface area (Å²) in [5.41, 5.74) is 2.44. The summed E-state index contributed by atoms with van der Waals surface area (Å²) in [6.07, 6.45) is 6.29. The van der Waals surface area contributed by atoms with Crippen molar-refractivity contribution >= 4 is 17.2 Å². The van der Waals surface area contributed by atoms with Crippen LogP contribution in [0.3, 0.4) is 0 Å². The number of rotatable bonds is 6. The van der Waals surface area contributed by atoms with Crippen LogP contribution in [-0.4, -0.2) is 51.2 Å². The van der Waals surface area contributed by atoms with E-state index in [-0.39, 0.29) is 5.91 Å². The van der Waals surface area contributed by atoms with E-state index in [1.165, 1.54) is 11.1 Å². The van der Waals surface area contributed by atoms with Gasteiger partial charge >= 0.3 is 0 Å². The number of thiophene rings is 1. The van der Waals surface area contributed by atoms with E-state index in [0.717, 1.165) is 32.5 Å². The lowest BCUT2D eigenvalue weighted by atomic mass is 10.1. The van der Waals surface area contributed by atoms with E-state index >= 15 is 0 Å². The molecule has 0 N–H and O–H groups in total. The minimum atomic E-state index is 0.272. The third-order valence-electron chi connectivity index (χ3n) is 4.64. The van der Waals surface area contributed by atoms with Crippen LogP contribution in [0, 0.1) is 6.92 Å². The minimum Gasteiger partial charge on any atom is -0.334 e. The van der Waals surface area contributed by atoms with Crippen molar-refractivity contribution in [3.63, 3.8) is 0 Å². The van der Waals surface area contributed by atoms with Gasteiger partial charge in [-0.05, 0) is 47.7 Å². The zero-order valence-corrected chi connectivity index (χ0v) is 14.2. The molecule has 4 rings (SSSR count). The molecule has 1 aliphatic heterocycles. The number of nitrogens with zero attached hydrogens (tertiary/aromatic N) is 4. The van der Waals surface area contributed by atoms with Gasteiger partial charge in [0.2, 0.25) is 5.91 Å². The van der Waals surface area contributed by atoms with E-state index in [1.807, 2.05) is 10.9 Å². The van der Waals surface area contributed by atoms with E-state index in [2.05, 4.69) is 44.8 Å². The molecule has 0 radical (unpaired) electrons. The van der Waals surface area contributed by atoms with Gasteiger partial charge in [-0.15, -0.1) is 0 Å². The number of aryl methyl sites for hydroxylation is 1. The van der Waals surface area contributed by atoms with Crippen molar-refractivity contribution in [1.29, 1.82) is 0 Å². The molecule has 6 heteroatoms. The van der Waals surface area contributed by atoms with Crippen LogP contribution < -0.4 is 0 Å². The normalized spacial score (nSPS) is 18.8. The summed E-state index contributed by atoms with van der Waals surface area (Å²) in [6.45, 7) is 5.20. The molecule has 2 aliphatic rings. The maximum absolute atomic E-state index is 12.7. The molecule has 3 heterocycles. The Morgan fingerprint density at radius 3 is 2.87 bits per heavy atom. The molecule has 122 valence electrons. The lowest BCUT2D eigenvalue weighted by Gasteiger charge is -2.39. The number of hydrogen-bond donors (Lipinski definition) is 0. The zero-order valence-electron chi connectivity index (χ0n) is 13.4. The molecule has 1 saturated heterocycles. The molecule has 2 aromatic rings. The van der Waals surface area contributed by atoms with Gasteiger partial charge < -0.3 is 4.90 Å². The Morgan fingerprint density at radius 1 is 1.43 bits per heavy atom. The summed E-state index contributed by atoms with van der Waals surface area (Å²) in [6, 6.07) is 3.00. The molecule has 0 atom stereocenters. The molecule has 0 unspecified atom stereocenters. The molecule has 23 heavy (non-hydrogen) atoms. The van der Waals surface area contributed by atoms with E-state index in [1.54, 1.807) is 11.3 Å². The number of likely N-dealkylation sites (tertiary alicyclic amines) is 1. The van der Waals surface area contributed by atoms with Crippen molar-refractivity contribution in [3.8, 4) is 0 Å². The van der Waals surface area contributed by atoms with Crippen LogP contribution in [0.2, 0.25) is 0 Å². The molecule has 0 aromatic carbocycles. The first-order valence-electron chi connectivity index (χ1n) is 8.22. The Hall–Kier alpha value is -1.66. The van der Waals surface area contributed by atoms with Gasteiger partial charge in [-0.25, -0.2) is 0 Å². The SMILES string of the molecule is Cc1cnn(C2CN(CC(=O)N(Cc3ccsc3)C3CC3)C2)c1. The van der Waals surface area contributed by atoms with Gasteiger partial charge in [-0.3, -0.25) is 14.4 Å². The Balaban J connectivity index is 1.31. The maximum Gasteiger partial charge on any atom is 0.237 e. The van der Waals surface area contributed by atoms with Gasteiger partial charge in [0.25, 0.3) is 0 Å². The smallest absolute Gasteiger partial charge is 0.237 e. The van der Waals surface area contributed by atoms with Gasteiger partial charge in [0.05, 0.1) is 18.8 Å². The fraction of sp³-hybridized carbons (Fsp3) is 0.529. The molecular weight excluding hydrogens is 308 g/mol. The molecule has 0 bridgehead atoms. The van der Waals surface area contributed by atoms with Crippen LogP contribution in [0.4, 0.5) is 0 Å². The molecule has 0 spiro atoms. The summed E-state index contributed by atoms with van der Waals surface area (Å²) < 4.78 is 2.03. The third-order valence-corrected chi connectivity index (χ3v) is 5.37. The number of amides is 1. The number of hydrogen-bond acceptors (Lipinski definition) is 4. The van der Waals surface area contributed by atoms with E-state index < -0.39 is 0 Å². The van der Waals surface area contributed by atoms with Crippen molar-refractivity contribution in [2.45, 2.75) is 38.4 Å². The molecular formula is C17H22N4OS. The molecule has 1 saturated carbocycles. The Labute approximate surface area is 140 Å². The second-order valence-corrected chi connectivity index (χ2v) is 7.51. The first kappa shape index (κ1) is 14.9. The van der Waals surface area contributed by atoms with Crippen LogP contribution in [0.25, 0.3) is 0 Å². The molecule has 2 fully saturated rings. The van der Waals surface area contributed by atoms with Gasteiger partial charge in [0, 0.05) is 31.9 Å². The van der Waals surface area contributed by atoms with Gasteiger partial charge in [0.15, 0.2) is 0 Å². The van der Waals surface area contributed by atoms with Crippen molar-refractivity contribution in [1.82, 2.24) is 19.6 Å². The quantitative estimate of drug-likeness (QED) is 0.816. The molecule has 2 aromatic heterocycles. The highest BCUT2D eigenvalue weighted by Crippen LogP contribution is 2.29. The van der Waals surface area contributed by atoms with Crippen molar-refractivity contribution in [2.75, 3.05) is 19.6 Å². The summed E-state index contributed by atoms with van der Waals surface area (Å²) in [5.74, 6) is 0.272. The van der Waals surface area contributed by atoms with Crippen molar-refractivity contribution in [2.24, 2.45) is 0 Å². The highest BCUT2D eigenvalue weighted by molar-refractivity contribution is 7.07. The average molecular weight is 330 g/mol. The predicted octanol–water partition coefficient (Wildman–Crippen LogP) is 2.30. The van der Waals surface area contributed by atoms with Crippen molar-refractivity contribution < 1.29 is 4.79 Å². The molecule has 5 nitrogen and oxygen atoms in total. The van der Waals surface area contributed by atoms with E-state index in [9.17, 15) is 4.79 Å². The standard InChI is InChI=1S/C17H22N4OS/c1-13-6-18-21(7-13)16-9-19(10-16)11-17(22)20(15-2-3-15)8-14-4-5-23-12-14/h4-7,12,15-16H,2-3,8-11H2,1H3. The monoisotopic (exact) mass is 330 g/mol. The maximum atomic E-state index is 12.7. The van der Waals surface area contributed by atoms with Gasteiger partial charge in [0.1, 0.15) is 0 Å². The average Bonchev–Trinajstić information content (AvgIpc) is 3.02. The minimum absolute atomic E-state index is 0.272. The Bertz CT molecular complexity index is 671. The Kier molecular flexibility index (Phi) is 3.95. The highest BCUT2D eigenvalue weighted by Gasteiger charge is 2.36. The Morgan fingerprint density at radius 2 is 2.26 bits per heavy atom. The van der Waals surface area contributed by atoms with E-state index in [4.69, 9.17) is 0 Å². The number of aromatic nitrogens is 2. The van der Waals surface area contributed by atoms with Crippen LogP contribution in [-0.2, 0) is 11.3 Å². The lowest BCUT2D eigenvalue weighted by Crippen LogP contribution is -2.52. The summed E-state index contributed by atoms with van der Waals surface area (Å²) in [5, 5.41) is 8.59. The van der Waals surface area contributed by atoms with E-state index in [0.29, 0.717) is 18.6 Å². The number of carbonyl (C=O) groups excluding carboxylic acids is 1. The summed E-state index contributed by atoms with van der Waals surface area (Å²) in [7, 11) is 0. The fourth-order valence-corrected chi connectivity index (χ4v) is 3.80. The second-order valence-electron chi connectivity index (χ2n) is 6.73. The molecule has 1 amide bonds. The fourth-order valence-electron chi connectivity index (χ4n) is 3.14. The predicted molar refractivity (Wildman–Crippen MR) is 90.3 cm³/mol. The second kappa shape index (κ2) is 6.09. The lowest BCUT2D eigenvalue weighted by molar-refractivity contribution is -0.135.